The minimum absolute atomic E-state index is 0.702. The molecule has 0 saturated heterocycles. The molecule has 0 spiro atoms. The Kier molecular flexibility index (Phi) is 3.86. The van der Waals surface area contributed by atoms with Crippen molar-refractivity contribution in [3.05, 3.63) is 58.4 Å². The van der Waals surface area contributed by atoms with Crippen molar-refractivity contribution in [1.29, 1.82) is 0 Å². The molecule has 3 nitrogen and oxygen atoms in total. The van der Waals surface area contributed by atoms with Crippen molar-refractivity contribution in [2.24, 2.45) is 0 Å². The lowest BCUT2D eigenvalue weighted by Crippen LogP contribution is -2.07. The zero-order chi connectivity index (χ0) is 14.0. The highest BCUT2D eigenvalue weighted by Gasteiger charge is 2.16. The average molecular weight is 257 g/mol. The lowest BCUT2D eigenvalue weighted by Gasteiger charge is -2.16. The van der Waals surface area contributed by atoms with Crippen molar-refractivity contribution >= 4 is 0 Å². The molecule has 0 aliphatic carbocycles. The van der Waals surface area contributed by atoms with E-state index >= 15 is 0 Å². The number of nitrogens with zero attached hydrogens (tertiary/aromatic N) is 1. The third-order valence-electron chi connectivity index (χ3n) is 3.29. The minimum Gasteiger partial charge on any atom is -0.497 e. The van der Waals surface area contributed by atoms with Crippen LogP contribution in [0.4, 0.5) is 0 Å². The SMILES string of the molecule is COc1ccc(C(O)c2ncc(C)cc2C)c(C)c1. The Hall–Kier alpha value is -1.87. The topological polar surface area (TPSA) is 42.4 Å². The van der Waals surface area contributed by atoms with Gasteiger partial charge in [0.25, 0.3) is 0 Å². The maximum atomic E-state index is 10.5. The van der Waals surface area contributed by atoms with Crippen molar-refractivity contribution in [1.82, 2.24) is 4.98 Å². The van der Waals surface area contributed by atoms with Crippen LogP contribution in [0, 0.1) is 20.8 Å². The number of aromatic nitrogens is 1. The van der Waals surface area contributed by atoms with E-state index < -0.39 is 6.10 Å². The van der Waals surface area contributed by atoms with Crippen LogP contribution in [0.25, 0.3) is 0 Å². The van der Waals surface area contributed by atoms with Gasteiger partial charge in [0.15, 0.2) is 0 Å². The summed E-state index contributed by atoms with van der Waals surface area (Å²) >= 11 is 0. The molecule has 0 bridgehead atoms. The van der Waals surface area contributed by atoms with E-state index in [-0.39, 0.29) is 0 Å². The van der Waals surface area contributed by atoms with Crippen LogP contribution in [0.5, 0.6) is 5.75 Å². The zero-order valence-corrected chi connectivity index (χ0v) is 11.8. The molecule has 1 aromatic heterocycles. The van der Waals surface area contributed by atoms with Crippen LogP contribution in [0.1, 0.15) is 34.1 Å². The molecule has 2 rings (SSSR count). The van der Waals surface area contributed by atoms with Gasteiger partial charge < -0.3 is 9.84 Å². The highest BCUT2D eigenvalue weighted by Crippen LogP contribution is 2.28. The Morgan fingerprint density at radius 3 is 2.42 bits per heavy atom. The van der Waals surface area contributed by atoms with Gasteiger partial charge >= 0.3 is 0 Å². The van der Waals surface area contributed by atoms with Crippen molar-refractivity contribution in [2.75, 3.05) is 7.11 Å². The monoisotopic (exact) mass is 257 g/mol. The normalized spacial score (nSPS) is 12.3. The predicted octanol–water partition coefficient (Wildman–Crippen LogP) is 3.10. The Morgan fingerprint density at radius 2 is 1.84 bits per heavy atom. The first-order chi connectivity index (χ1) is 9.02. The number of hydrogen-bond acceptors (Lipinski definition) is 3. The summed E-state index contributed by atoms with van der Waals surface area (Å²) in [6, 6.07) is 7.70. The molecule has 0 aliphatic rings. The van der Waals surface area contributed by atoms with Gasteiger partial charge in [0.05, 0.1) is 12.8 Å². The molecule has 0 aliphatic heterocycles. The fourth-order valence-corrected chi connectivity index (χ4v) is 2.24. The number of aryl methyl sites for hydroxylation is 3. The summed E-state index contributed by atoms with van der Waals surface area (Å²) in [5.74, 6) is 0.794. The molecular formula is C16H19NO2. The lowest BCUT2D eigenvalue weighted by atomic mass is 9.98. The molecular weight excluding hydrogens is 238 g/mol. The van der Waals surface area contributed by atoms with Gasteiger partial charge in [0.2, 0.25) is 0 Å². The first kappa shape index (κ1) is 13.6. The summed E-state index contributed by atoms with van der Waals surface area (Å²) < 4.78 is 5.18. The molecule has 1 unspecified atom stereocenters. The molecule has 100 valence electrons. The van der Waals surface area contributed by atoms with Crippen LogP contribution in [-0.4, -0.2) is 17.2 Å². The van der Waals surface area contributed by atoms with E-state index in [1.165, 1.54) is 0 Å². The fraction of sp³-hybridized carbons (Fsp3) is 0.312. The summed E-state index contributed by atoms with van der Waals surface area (Å²) in [6.45, 7) is 5.93. The predicted molar refractivity (Wildman–Crippen MR) is 75.5 cm³/mol. The summed E-state index contributed by atoms with van der Waals surface area (Å²) in [5.41, 5.74) is 4.66. The largest absolute Gasteiger partial charge is 0.497 e. The quantitative estimate of drug-likeness (QED) is 0.918. The Balaban J connectivity index is 2.41. The molecule has 1 heterocycles. The number of benzene rings is 1. The van der Waals surface area contributed by atoms with E-state index in [2.05, 4.69) is 4.98 Å². The highest BCUT2D eigenvalue weighted by atomic mass is 16.5. The van der Waals surface area contributed by atoms with Gasteiger partial charge in [0, 0.05) is 6.20 Å². The van der Waals surface area contributed by atoms with E-state index in [0.29, 0.717) is 5.69 Å². The van der Waals surface area contributed by atoms with Gasteiger partial charge in [-0.05, 0) is 55.2 Å². The Morgan fingerprint density at radius 1 is 1.11 bits per heavy atom. The minimum atomic E-state index is -0.702. The standard InChI is InChI=1S/C16H19NO2/c1-10-7-12(3)15(17-9-10)16(18)14-6-5-13(19-4)8-11(14)2/h5-9,16,18H,1-4H3. The van der Waals surface area contributed by atoms with E-state index in [4.69, 9.17) is 4.74 Å². The van der Waals surface area contributed by atoms with Crippen molar-refractivity contribution in [2.45, 2.75) is 26.9 Å². The van der Waals surface area contributed by atoms with E-state index in [1.54, 1.807) is 13.3 Å². The summed E-state index contributed by atoms with van der Waals surface area (Å²) in [7, 11) is 1.64. The molecule has 1 N–H and O–H groups in total. The summed E-state index contributed by atoms with van der Waals surface area (Å²) in [5, 5.41) is 10.5. The Labute approximate surface area is 113 Å². The van der Waals surface area contributed by atoms with Gasteiger partial charge in [-0.3, -0.25) is 4.98 Å². The Bertz CT molecular complexity index is 593. The molecule has 0 fully saturated rings. The fourth-order valence-electron chi connectivity index (χ4n) is 2.24. The molecule has 0 saturated carbocycles. The van der Waals surface area contributed by atoms with Crippen molar-refractivity contribution in [3.63, 3.8) is 0 Å². The van der Waals surface area contributed by atoms with Gasteiger partial charge in [-0.15, -0.1) is 0 Å². The third-order valence-corrected chi connectivity index (χ3v) is 3.29. The first-order valence-corrected chi connectivity index (χ1v) is 6.28. The van der Waals surface area contributed by atoms with Crippen molar-refractivity contribution < 1.29 is 9.84 Å². The molecule has 2 aromatic rings. The smallest absolute Gasteiger partial charge is 0.121 e. The molecule has 1 atom stereocenters. The van der Waals surface area contributed by atoms with E-state index in [0.717, 1.165) is 28.0 Å². The molecule has 0 radical (unpaired) electrons. The third kappa shape index (κ3) is 2.76. The second-order valence-corrected chi connectivity index (χ2v) is 4.84. The maximum absolute atomic E-state index is 10.5. The number of rotatable bonds is 3. The van der Waals surface area contributed by atoms with Crippen LogP contribution >= 0.6 is 0 Å². The van der Waals surface area contributed by atoms with Gasteiger partial charge in [-0.1, -0.05) is 12.1 Å². The van der Waals surface area contributed by atoms with Gasteiger partial charge in [-0.25, -0.2) is 0 Å². The van der Waals surface area contributed by atoms with Gasteiger partial charge in [0.1, 0.15) is 11.9 Å². The number of hydrogen-bond donors (Lipinski definition) is 1. The molecule has 1 aromatic carbocycles. The number of aliphatic hydroxyl groups is 1. The van der Waals surface area contributed by atoms with Crippen LogP contribution < -0.4 is 4.74 Å². The number of ether oxygens (including phenoxy) is 1. The summed E-state index contributed by atoms with van der Waals surface area (Å²) in [4.78, 5) is 4.36. The molecule has 0 amide bonds. The van der Waals surface area contributed by atoms with E-state index in [9.17, 15) is 5.11 Å². The van der Waals surface area contributed by atoms with Crippen LogP contribution in [-0.2, 0) is 0 Å². The molecule has 19 heavy (non-hydrogen) atoms. The van der Waals surface area contributed by atoms with Crippen LogP contribution in [0.2, 0.25) is 0 Å². The number of methoxy groups -OCH3 is 1. The second kappa shape index (κ2) is 5.41. The second-order valence-electron chi connectivity index (χ2n) is 4.84. The molecule has 3 heteroatoms. The lowest BCUT2D eigenvalue weighted by molar-refractivity contribution is 0.213. The van der Waals surface area contributed by atoms with Crippen LogP contribution in [0.15, 0.2) is 30.5 Å². The zero-order valence-electron chi connectivity index (χ0n) is 11.8. The highest BCUT2D eigenvalue weighted by molar-refractivity contribution is 5.40. The van der Waals surface area contributed by atoms with Gasteiger partial charge in [-0.2, -0.15) is 0 Å². The van der Waals surface area contributed by atoms with Crippen LogP contribution in [0.3, 0.4) is 0 Å². The maximum Gasteiger partial charge on any atom is 0.121 e. The average Bonchev–Trinajstić information content (AvgIpc) is 2.37. The first-order valence-electron chi connectivity index (χ1n) is 6.28. The number of aliphatic hydroxyl groups excluding tert-OH is 1. The number of pyridine rings is 1. The van der Waals surface area contributed by atoms with Crippen molar-refractivity contribution in [3.8, 4) is 5.75 Å². The summed E-state index contributed by atoms with van der Waals surface area (Å²) in [6.07, 6.45) is 1.08. The van der Waals surface area contributed by atoms with E-state index in [1.807, 2.05) is 45.0 Å².